The van der Waals surface area contributed by atoms with Gasteiger partial charge in [-0.05, 0) is 49.9 Å². The van der Waals surface area contributed by atoms with E-state index in [-0.39, 0.29) is 6.04 Å². The molecule has 0 amide bonds. The normalized spacial score (nSPS) is 20.5. The van der Waals surface area contributed by atoms with Crippen LogP contribution < -0.4 is 4.74 Å². The third-order valence-electron chi connectivity index (χ3n) is 5.13. The lowest BCUT2D eigenvalue weighted by atomic mass is 9.86. The zero-order valence-corrected chi connectivity index (χ0v) is 16.1. The molecule has 6 nitrogen and oxygen atoms in total. The van der Waals surface area contributed by atoms with E-state index in [4.69, 9.17) is 9.26 Å². The molecule has 1 aliphatic rings. The summed E-state index contributed by atoms with van der Waals surface area (Å²) in [6.45, 7) is 7.65. The fourth-order valence-corrected chi connectivity index (χ4v) is 3.75. The fraction of sp³-hybridized carbons (Fsp3) is 0.600. The van der Waals surface area contributed by atoms with Crippen LogP contribution >= 0.6 is 0 Å². The van der Waals surface area contributed by atoms with Crippen molar-refractivity contribution in [2.75, 3.05) is 13.7 Å². The lowest BCUT2D eigenvalue weighted by molar-refractivity contribution is -0.0278. The molecule has 2 unspecified atom stereocenters. The van der Waals surface area contributed by atoms with Gasteiger partial charge in [-0.15, -0.1) is 0 Å². The molecule has 0 saturated carbocycles. The molecule has 0 spiro atoms. The molecule has 1 fully saturated rings. The summed E-state index contributed by atoms with van der Waals surface area (Å²) in [5, 5.41) is 15.3. The molecule has 0 bridgehead atoms. The first-order valence-electron chi connectivity index (χ1n) is 9.32. The monoisotopic (exact) mass is 359 g/mol. The van der Waals surface area contributed by atoms with E-state index in [2.05, 4.69) is 28.9 Å². The molecule has 1 aromatic carbocycles. The van der Waals surface area contributed by atoms with Gasteiger partial charge in [-0.2, -0.15) is 4.98 Å². The number of ether oxygens (including phenoxy) is 1. The molecular formula is C20H29N3O3. The number of likely N-dealkylation sites (tertiary alicyclic amines) is 1. The summed E-state index contributed by atoms with van der Waals surface area (Å²) in [5.41, 5.74) is -0.0648. The summed E-state index contributed by atoms with van der Waals surface area (Å²) in [4.78, 5) is 6.76. The van der Waals surface area contributed by atoms with Crippen LogP contribution in [0.3, 0.4) is 0 Å². The van der Waals surface area contributed by atoms with E-state index in [1.165, 1.54) is 0 Å². The number of methoxy groups -OCH3 is 1. The molecule has 1 saturated heterocycles. The van der Waals surface area contributed by atoms with Crippen molar-refractivity contribution < 1.29 is 14.4 Å². The van der Waals surface area contributed by atoms with Gasteiger partial charge in [0.25, 0.3) is 0 Å². The topological polar surface area (TPSA) is 71.6 Å². The predicted molar refractivity (Wildman–Crippen MR) is 98.8 cm³/mol. The zero-order valence-electron chi connectivity index (χ0n) is 16.1. The maximum absolute atomic E-state index is 11.3. The number of rotatable bonds is 7. The van der Waals surface area contributed by atoms with Crippen molar-refractivity contribution in [3.05, 3.63) is 41.5 Å². The SMILES string of the molecule is COc1ccc(C(C)(O)C2CCCN2Cc2nc(CC(C)C)no2)cc1. The second-order valence-electron chi connectivity index (χ2n) is 7.71. The van der Waals surface area contributed by atoms with E-state index in [9.17, 15) is 5.11 Å². The molecule has 0 radical (unpaired) electrons. The van der Waals surface area contributed by atoms with Crippen LogP contribution in [0.1, 0.15) is 50.9 Å². The summed E-state index contributed by atoms with van der Waals surface area (Å²) in [5.74, 6) is 2.66. The van der Waals surface area contributed by atoms with Crippen LogP contribution in [0.4, 0.5) is 0 Å². The lowest BCUT2D eigenvalue weighted by Gasteiger charge is -2.36. The molecule has 1 N–H and O–H groups in total. The third kappa shape index (κ3) is 4.07. The zero-order chi connectivity index (χ0) is 18.7. The Morgan fingerprint density at radius 3 is 2.73 bits per heavy atom. The Morgan fingerprint density at radius 1 is 1.35 bits per heavy atom. The van der Waals surface area contributed by atoms with E-state index in [1.807, 2.05) is 31.2 Å². The summed E-state index contributed by atoms with van der Waals surface area (Å²) in [6.07, 6.45) is 2.80. The molecular weight excluding hydrogens is 330 g/mol. The van der Waals surface area contributed by atoms with E-state index >= 15 is 0 Å². The maximum Gasteiger partial charge on any atom is 0.240 e. The molecule has 1 aliphatic heterocycles. The number of nitrogens with zero attached hydrogens (tertiary/aromatic N) is 3. The molecule has 6 heteroatoms. The maximum atomic E-state index is 11.3. The molecule has 2 aromatic rings. The van der Waals surface area contributed by atoms with Crippen molar-refractivity contribution in [1.29, 1.82) is 0 Å². The first-order chi connectivity index (χ1) is 12.4. The Labute approximate surface area is 155 Å². The van der Waals surface area contributed by atoms with Crippen LogP contribution in [0.5, 0.6) is 5.75 Å². The molecule has 2 atom stereocenters. The minimum Gasteiger partial charge on any atom is -0.497 e. The van der Waals surface area contributed by atoms with Crippen molar-refractivity contribution in [3.8, 4) is 5.75 Å². The van der Waals surface area contributed by atoms with E-state index in [1.54, 1.807) is 7.11 Å². The van der Waals surface area contributed by atoms with Gasteiger partial charge in [0.15, 0.2) is 5.82 Å². The van der Waals surface area contributed by atoms with Gasteiger partial charge < -0.3 is 14.4 Å². The van der Waals surface area contributed by atoms with E-state index < -0.39 is 5.60 Å². The van der Waals surface area contributed by atoms with Crippen LogP contribution in [-0.2, 0) is 18.6 Å². The van der Waals surface area contributed by atoms with Crippen molar-refractivity contribution >= 4 is 0 Å². The Morgan fingerprint density at radius 2 is 2.08 bits per heavy atom. The van der Waals surface area contributed by atoms with E-state index in [0.29, 0.717) is 18.4 Å². The molecule has 3 rings (SSSR count). The second-order valence-corrected chi connectivity index (χ2v) is 7.71. The smallest absolute Gasteiger partial charge is 0.240 e. The van der Waals surface area contributed by atoms with Crippen molar-refractivity contribution in [2.45, 2.75) is 58.2 Å². The van der Waals surface area contributed by atoms with Crippen LogP contribution in [0.15, 0.2) is 28.8 Å². The Kier molecular flexibility index (Phi) is 5.63. The number of aliphatic hydroxyl groups is 1. The highest BCUT2D eigenvalue weighted by atomic mass is 16.5. The van der Waals surface area contributed by atoms with Crippen molar-refractivity contribution in [3.63, 3.8) is 0 Å². The molecule has 0 aliphatic carbocycles. The van der Waals surface area contributed by atoms with Crippen LogP contribution in [0.25, 0.3) is 0 Å². The summed E-state index contributed by atoms with van der Waals surface area (Å²) >= 11 is 0. The predicted octanol–water partition coefficient (Wildman–Crippen LogP) is 3.15. The standard InChI is InChI=1S/C20H29N3O3/c1-14(2)12-18-21-19(26-22-18)13-23-11-5-6-17(23)20(3,24)15-7-9-16(25-4)10-8-15/h7-10,14,17,24H,5-6,11-13H2,1-4H3. The minimum atomic E-state index is -0.955. The molecule has 2 heterocycles. The molecule has 142 valence electrons. The largest absolute Gasteiger partial charge is 0.497 e. The highest BCUT2D eigenvalue weighted by Crippen LogP contribution is 2.36. The summed E-state index contributed by atoms with van der Waals surface area (Å²) in [7, 11) is 1.64. The van der Waals surface area contributed by atoms with Crippen LogP contribution in [0, 0.1) is 5.92 Å². The number of aromatic nitrogens is 2. The number of hydrogen-bond acceptors (Lipinski definition) is 6. The van der Waals surface area contributed by atoms with Crippen molar-refractivity contribution in [2.24, 2.45) is 5.92 Å². The van der Waals surface area contributed by atoms with Gasteiger partial charge in [-0.25, -0.2) is 0 Å². The Balaban J connectivity index is 1.73. The second kappa shape index (κ2) is 7.76. The van der Waals surface area contributed by atoms with Gasteiger partial charge in [-0.3, -0.25) is 4.90 Å². The Bertz CT molecular complexity index is 709. The van der Waals surface area contributed by atoms with Gasteiger partial charge in [0.05, 0.1) is 13.7 Å². The number of benzene rings is 1. The van der Waals surface area contributed by atoms with Gasteiger partial charge in [0.1, 0.15) is 11.4 Å². The van der Waals surface area contributed by atoms with Gasteiger partial charge in [-0.1, -0.05) is 31.1 Å². The average molecular weight is 359 g/mol. The van der Waals surface area contributed by atoms with E-state index in [0.717, 1.165) is 42.9 Å². The number of hydrogen-bond donors (Lipinski definition) is 1. The summed E-state index contributed by atoms with van der Waals surface area (Å²) in [6, 6.07) is 7.65. The highest BCUT2D eigenvalue weighted by Gasteiger charge is 2.41. The third-order valence-corrected chi connectivity index (χ3v) is 5.13. The molecule has 1 aromatic heterocycles. The van der Waals surface area contributed by atoms with Crippen molar-refractivity contribution in [1.82, 2.24) is 15.0 Å². The Hall–Kier alpha value is -1.92. The fourth-order valence-electron chi connectivity index (χ4n) is 3.75. The average Bonchev–Trinajstić information content (AvgIpc) is 3.24. The minimum absolute atomic E-state index is 0.0105. The lowest BCUT2D eigenvalue weighted by Crippen LogP contribution is -2.45. The quantitative estimate of drug-likeness (QED) is 0.819. The van der Waals surface area contributed by atoms with Crippen LogP contribution in [-0.4, -0.2) is 39.8 Å². The van der Waals surface area contributed by atoms with Gasteiger partial charge in [0, 0.05) is 12.5 Å². The van der Waals surface area contributed by atoms with Gasteiger partial charge >= 0.3 is 0 Å². The highest BCUT2D eigenvalue weighted by molar-refractivity contribution is 5.31. The van der Waals surface area contributed by atoms with Gasteiger partial charge in [0.2, 0.25) is 5.89 Å². The van der Waals surface area contributed by atoms with Crippen LogP contribution in [0.2, 0.25) is 0 Å². The first kappa shape index (κ1) is 18.9. The molecule has 26 heavy (non-hydrogen) atoms. The first-order valence-corrected chi connectivity index (χ1v) is 9.32. The summed E-state index contributed by atoms with van der Waals surface area (Å²) < 4.78 is 10.6.